The van der Waals surface area contributed by atoms with Gasteiger partial charge < -0.3 is 15.5 Å². The molecule has 1 aromatic rings. The second-order valence-electron chi connectivity index (χ2n) is 5.86. The molecule has 0 atom stereocenters. The molecular weight excluding hydrogens is 314 g/mol. The molecule has 3 amide bonds. The maximum absolute atomic E-state index is 11.9. The van der Waals surface area contributed by atoms with E-state index in [1.807, 2.05) is 12.1 Å². The summed E-state index contributed by atoms with van der Waals surface area (Å²) in [7, 11) is 0. The molecule has 126 valence electrons. The van der Waals surface area contributed by atoms with Gasteiger partial charge in [-0.3, -0.25) is 4.79 Å². The second kappa shape index (κ2) is 8.77. The van der Waals surface area contributed by atoms with Crippen molar-refractivity contribution in [2.75, 3.05) is 18.0 Å². The predicted octanol–water partition coefficient (Wildman–Crippen LogP) is 3.32. The highest BCUT2D eigenvalue weighted by atomic mass is 35.5. The van der Waals surface area contributed by atoms with Gasteiger partial charge in [0.2, 0.25) is 5.91 Å². The third kappa shape index (κ3) is 5.43. The fourth-order valence-electron chi connectivity index (χ4n) is 2.88. The van der Waals surface area contributed by atoms with Crippen molar-refractivity contribution in [1.82, 2.24) is 10.6 Å². The summed E-state index contributed by atoms with van der Waals surface area (Å²) in [6.45, 7) is 2.26. The zero-order valence-electron chi connectivity index (χ0n) is 13.5. The first-order valence-corrected chi connectivity index (χ1v) is 8.52. The molecule has 0 saturated heterocycles. The summed E-state index contributed by atoms with van der Waals surface area (Å²) in [5.41, 5.74) is 0.663. The number of benzene rings is 1. The summed E-state index contributed by atoms with van der Waals surface area (Å²) in [4.78, 5) is 25.3. The summed E-state index contributed by atoms with van der Waals surface area (Å²) < 4.78 is 0. The number of amides is 3. The molecule has 1 aromatic carbocycles. The lowest BCUT2D eigenvalue weighted by molar-refractivity contribution is -0.116. The molecule has 0 heterocycles. The first-order chi connectivity index (χ1) is 11.1. The maximum atomic E-state index is 11.9. The predicted molar refractivity (Wildman–Crippen MR) is 92.9 cm³/mol. The molecule has 1 fully saturated rings. The number of para-hydroxylation sites is 1. The Morgan fingerprint density at radius 1 is 1.22 bits per heavy atom. The second-order valence-corrected chi connectivity index (χ2v) is 6.26. The van der Waals surface area contributed by atoms with Crippen LogP contribution >= 0.6 is 11.6 Å². The molecule has 0 bridgehead atoms. The Morgan fingerprint density at radius 2 is 1.91 bits per heavy atom. The summed E-state index contributed by atoms with van der Waals surface area (Å²) in [5, 5.41) is 6.33. The van der Waals surface area contributed by atoms with Crippen LogP contribution in [-0.4, -0.2) is 31.1 Å². The van der Waals surface area contributed by atoms with E-state index in [1.54, 1.807) is 17.0 Å². The number of hydrogen-bond donors (Lipinski definition) is 2. The van der Waals surface area contributed by atoms with Gasteiger partial charge in [0.25, 0.3) is 0 Å². The van der Waals surface area contributed by atoms with Crippen LogP contribution in [0.15, 0.2) is 24.3 Å². The molecule has 0 aliphatic heterocycles. The minimum Gasteiger partial charge on any atom is -0.336 e. The number of halogens is 1. The van der Waals surface area contributed by atoms with Crippen LogP contribution in [0.2, 0.25) is 5.02 Å². The molecule has 1 aliphatic carbocycles. The molecule has 23 heavy (non-hydrogen) atoms. The molecule has 0 unspecified atom stereocenters. The van der Waals surface area contributed by atoms with E-state index in [-0.39, 0.29) is 18.0 Å². The lowest BCUT2D eigenvalue weighted by Gasteiger charge is -2.24. The van der Waals surface area contributed by atoms with Crippen molar-refractivity contribution in [2.24, 2.45) is 0 Å². The number of nitrogens with zero attached hydrogens (tertiary/aromatic N) is 1. The van der Waals surface area contributed by atoms with E-state index < -0.39 is 0 Å². The normalized spacial score (nSPS) is 15.0. The smallest absolute Gasteiger partial charge is 0.315 e. The Morgan fingerprint density at radius 3 is 2.57 bits per heavy atom. The van der Waals surface area contributed by atoms with Crippen LogP contribution in [0.3, 0.4) is 0 Å². The first-order valence-electron chi connectivity index (χ1n) is 8.15. The Bertz CT molecular complexity index is 544. The standard InChI is InChI=1S/C17H24ClN3O2/c1-13(22)21(16-10-6-5-9-15(16)18)12-11-19-17(23)20-14-7-3-2-4-8-14/h5-6,9-10,14H,2-4,7-8,11-12H2,1H3,(H2,19,20,23). The SMILES string of the molecule is CC(=O)N(CCNC(=O)NC1CCCCC1)c1ccccc1Cl. The quantitative estimate of drug-likeness (QED) is 0.865. The van der Waals surface area contributed by atoms with Gasteiger partial charge >= 0.3 is 6.03 Å². The molecule has 0 aromatic heterocycles. The molecule has 2 rings (SSSR count). The Balaban J connectivity index is 1.81. The summed E-state index contributed by atoms with van der Waals surface area (Å²) >= 11 is 6.14. The lowest BCUT2D eigenvalue weighted by atomic mass is 9.96. The molecule has 1 aliphatic rings. The Labute approximate surface area is 142 Å². The van der Waals surface area contributed by atoms with Crippen molar-refractivity contribution in [3.63, 3.8) is 0 Å². The highest BCUT2D eigenvalue weighted by molar-refractivity contribution is 6.33. The fourth-order valence-corrected chi connectivity index (χ4v) is 3.12. The number of nitrogens with one attached hydrogen (secondary N) is 2. The van der Waals surface area contributed by atoms with Gasteiger partial charge in [0.05, 0.1) is 10.7 Å². The Hall–Kier alpha value is -1.75. The van der Waals surface area contributed by atoms with E-state index in [4.69, 9.17) is 11.6 Å². The molecule has 0 radical (unpaired) electrons. The minimum absolute atomic E-state index is 0.104. The summed E-state index contributed by atoms with van der Waals surface area (Å²) in [5.74, 6) is -0.104. The molecular formula is C17H24ClN3O2. The molecule has 2 N–H and O–H groups in total. The van der Waals surface area contributed by atoms with Gasteiger partial charge in [-0.15, -0.1) is 0 Å². The molecule has 5 nitrogen and oxygen atoms in total. The van der Waals surface area contributed by atoms with Gasteiger partial charge in [-0.2, -0.15) is 0 Å². The van der Waals surface area contributed by atoms with Crippen LogP contribution in [0, 0.1) is 0 Å². The Kier molecular flexibility index (Phi) is 6.71. The van der Waals surface area contributed by atoms with Gasteiger partial charge in [0.15, 0.2) is 0 Å². The molecule has 1 saturated carbocycles. The summed E-state index contributed by atoms with van der Waals surface area (Å²) in [6.07, 6.45) is 5.70. The number of rotatable bonds is 5. The molecule has 0 spiro atoms. The van der Waals surface area contributed by atoms with Crippen LogP contribution < -0.4 is 15.5 Å². The number of carbonyl (C=O) groups is 2. The number of hydrogen-bond acceptors (Lipinski definition) is 2. The fraction of sp³-hybridized carbons (Fsp3) is 0.529. The number of urea groups is 1. The van der Waals surface area contributed by atoms with E-state index in [0.29, 0.717) is 23.8 Å². The third-order valence-corrected chi connectivity index (χ3v) is 4.40. The number of carbonyl (C=O) groups excluding carboxylic acids is 2. The highest BCUT2D eigenvalue weighted by Crippen LogP contribution is 2.25. The van der Waals surface area contributed by atoms with E-state index in [1.165, 1.54) is 26.2 Å². The zero-order chi connectivity index (χ0) is 16.7. The van der Waals surface area contributed by atoms with Crippen LogP contribution in [-0.2, 0) is 4.79 Å². The van der Waals surface area contributed by atoms with Crippen molar-refractivity contribution < 1.29 is 9.59 Å². The van der Waals surface area contributed by atoms with E-state index >= 15 is 0 Å². The van der Waals surface area contributed by atoms with Gasteiger partial charge in [-0.1, -0.05) is 43.0 Å². The van der Waals surface area contributed by atoms with Crippen LogP contribution in [0.25, 0.3) is 0 Å². The van der Waals surface area contributed by atoms with E-state index in [2.05, 4.69) is 10.6 Å². The number of anilines is 1. The highest BCUT2D eigenvalue weighted by Gasteiger charge is 2.17. The monoisotopic (exact) mass is 337 g/mol. The van der Waals surface area contributed by atoms with Crippen LogP contribution in [0.4, 0.5) is 10.5 Å². The van der Waals surface area contributed by atoms with Crippen LogP contribution in [0.5, 0.6) is 0 Å². The summed E-state index contributed by atoms with van der Waals surface area (Å²) in [6, 6.07) is 7.30. The lowest BCUT2D eigenvalue weighted by Crippen LogP contribution is -2.45. The minimum atomic E-state index is -0.167. The van der Waals surface area contributed by atoms with Crippen molar-refractivity contribution in [2.45, 2.75) is 45.1 Å². The van der Waals surface area contributed by atoms with Crippen molar-refractivity contribution in [3.05, 3.63) is 29.3 Å². The van der Waals surface area contributed by atoms with Gasteiger partial charge in [0.1, 0.15) is 0 Å². The van der Waals surface area contributed by atoms with Gasteiger partial charge in [0, 0.05) is 26.1 Å². The average molecular weight is 338 g/mol. The van der Waals surface area contributed by atoms with Crippen LogP contribution in [0.1, 0.15) is 39.0 Å². The van der Waals surface area contributed by atoms with E-state index in [0.717, 1.165) is 12.8 Å². The first kappa shape index (κ1) is 17.6. The maximum Gasteiger partial charge on any atom is 0.315 e. The largest absolute Gasteiger partial charge is 0.336 e. The van der Waals surface area contributed by atoms with Crippen molar-refractivity contribution in [3.8, 4) is 0 Å². The van der Waals surface area contributed by atoms with Crippen molar-refractivity contribution >= 4 is 29.2 Å². The zero-order valence-corrected chi connectivity index (χ0v) is 14.2. The molecule has 6 heteroatoms. The third-order valence-electron chi connectivity index (χ3n) is 4.08. The topological polar surface area (TPSA) is 61.4 Å². The van der Waals surface area contributed by atoms with Gasteiger partial charge in [-0.05, 0) is 25.0 Å². The van der Waals surface area contributed by atoms with Gasteiger partial charge in [-0.25, -0.2) is 4.79 Å². The van der Waals surface area contributed by atoms with Crippen molar-refractivity contribution in [1.29, 1.82) is 0 Å². The van der Waals surface area contributed by atoms with E-state index in [9.17, 15) is 9.59 Å². The average Bonchev–Trinajstić information content (AvgIpc) is 2.53.